The maximum atomic E-state index is 12.8. The van der Waals surface area contributed by atoms with Crippen LogP contribution < -0.4 is 10.0 Å². The molecule has 4 nitrogen and oxygen atoms in total. The monoisotopic (exact) mass is 368 g/mol. The van der Waals surface area contributed by atoms with E-state index in [0.717, 1.165) is 18.9 Å². The predicted molar refractivity (Wildman–Crippen MR) is 79.7 cm³/mol. The highest BCUT2D eigenvalue weighted by Gasteiger charge is 2.36. The molecule has 1 aromatic carbocycles. The molecule has 23 heavy (non-hydrogen) atoms. The Morgan fingerprint density at radius 2 is 1.74 bits per heavy atom. The van der Waals surface area contributed by atoms with Crippen LogP contribution in [0.2, 0.25) is 5.02 Å². The minimum absolute atomic E-state index is 0.259. The van der Waals surface area contributed by atoms with Crippen molar-refractivity contribution in [3.05, 3.63) is 28.8 Å². The Hall–Kier alpha value is -0.830. The number of rotatable bonds is 3. The van der Waals surface area contributed by atoms with Gasteiger partial charge in [0, 0.05) is 23.1 Å². The predicted octanol–water partition coefficient (Wildman–Crippen LogP) is 2.92. The van der Waals surface area contributed by atoms with Gasteiger partial charge in [0.1, 0.15) is 0 Å². The second kappa shape index (κ2) is 5.91. The van der Waals surface area contributed by atoms with Crippen LogP contribution in [0.25, 0.3) is 0 Å². The fourth-order valence-corrected chi connectivity index (χ4v) is 4.95. The lowest BCUT2D eigenvalue weighted by molar-refractivity contribution is -0.137. The molecule has 2 atom stereocenters. The Bertz CT molecular complexity index is 696. The van der Waals surface area contributed by atoms with E-state index in [1.54, 1.807) is 0 Å². The van der Waals surface area contributed by atoms with Crippen LogP contribution in [0.3, 0.4) is 0 Å². The molecule has 1 aromatic rings. The number of benzene rings is 1. The summed E-state index contributed by atoms with van der Waals surface area (Å²) in [5.41, 5.74) is -1.07. The zero-order valence-corrected chi connectivity index (χ0v) is 13.6. The first-order valence-corrected chi connectivity index (χ1v) is 9.16. The van der Waals surface area contributed by atoms with Crippen molar-refractivity contribution in [2.24, 2.45) is 0 Å². The number of alkyl halides is 3. The summed E-state index contributed by atoms with van der Waals surface area (Å²) in [6.07, 6.45) is -1.37. The largest absolute Gasteiger partial charge is 0.416 e. The Balaban J connectivity index is 1.83. The highest BCUT2D eigenvalue weighted by Crippen LogP contribution is 2.33. The molecular formula is C14H16ClF3N2O2S. The summed E-state index contributed by atoms with van der Waals surface area (Å²) >= 11 is 5.66. The van der Waals surface area contributed by atoms with Crippen molar-refractivity contribution < 1.29 is 21.6 Å². The Labute approximate surface area is 137 Å². The smallest absolute Gasteiger partial charge is 0.311 e. The van der Waals surface area contributed by atoms with E-state index < -0.39 is 26.7 Å². The molecule has 0 aliphatic carbocycles. The average Bonchev–Trinajstić information content (AvgIpc) is 2.76. The number of halogens is 4. The molecule has 0 spiro atoms. The van der Waals surface area contributed by atoms with Crippen molar-refractivity contribution in [3.63, 3.8) is 0 Å². The van der Waals surface area contributed by atoms with Crippen LogP contribution in [0.5, 0.6) is 0 Å². The standard InChI is InChI=1S/C14H16ClF3N2O2S/c15-9-3-8(14(16,17)18)4-13(5-9)23(21,22)20-12-6-10-1-2-11(7-12)19-10/h3-5,10-12,19-20H,1-2,6-7H2. The van der Waals surface area contributed by atoms with Gasteiger partial charge in [-0.05, 0) is 43.9 Å². The lowest BCUT2D eigenvalue weighted by Gasteiger charge is -2.29. The van der Waals surface area contributed by atoms with Crippen molar-refractivity contribution in [2.45, 2.75) is 54.9 Å². The first kappa shape index (κ1) is 17.0. The second-order valence-corrected chi connectivity index (χ2v) is 8.25. The SMILES string of the molecule is O=S(=O)(NC1CC2CCC(C1)N2)c1cc(Cl)cc(C(F)(F)F)c1. The van der Waals surface area contributed by atoms with E-state index in [-0.39, 0.29) is 23.1 Å². The van der Waals surface area contributed by atoms with Crippen LogP contribution in [0.15, 0.2) is 23.1 Å². The van der Waals surface area contributed by atoms with Gasteiger partial charge in [-0.1, -0.05) is 11.6 Å². The molecule has 0 radical (unpaired) electrons. The Kier molecular flexibility index (Phi) is 4.37. The summed E-state index contributed by atoms with van der Waals surface area (Å²) in [6, 6.07) is 2.63. The average molecular weight is 369 g/mol. The quantitative estimate of drug-likeness (QED) is 0.862. The van der Waals surface area contributed by atoms with Gasteiger partial charge in [0.15, 0.2) is 0 Å². The van der Waals surface area contributed by atoms with Crippen molar-refractivity contribution in [3.8, 4) is 0 Å². The molecule has 128 valence electrons. The van der Waals surface area contributed by atoms with Crippen molar-refractivity contribution in [2.75, 3.05) is 0 Å². The summed E-state index contributed by atoms with van der Waals surface area (Å²) < 4.78 is 65.8. The van der Waals surface area contributed by atoms with Crippen LogP contribution in [-0.4, -0.2) is 26.5 Å². The van der Waals surface area contributed by atoms with Gasteiger partial charge in [-0.25, -0.2) is 13.1 Å². The third kappa shape index (κ3) is 3.81. The Morgan fingerprint density at radius 3 is 2.30 bits per heavy atom. The first-order chi connectivity index (χ1) is 10.6. The molecule has 2 saturated heterocycles. The molecule has 3 rings (SSSR count). The lowest BCUT2D eigenvalue weighted by atomic mass is 10.0. The normalized spacial score (nSPS) is 28.1. The van der Waals surface area contributed by atoms with Gasteiger partial charge < -0.3 is 5.32 Å². The zero-order chi connectivity index (χ0) is 16.8. The fourth-order valence-electron chi connectivity index (χ4n) is 3.32. The van der Waals surface area contributed by atoms with Gasteiger partial charge in [-0.2, -0.15) is 13.2 Å². The molecule has 0 saturated carbocycles. The van der Waals surface area contributed by atoms with Crippen molar-refractivity contribution in [1.29, 1.82) is 0 Å². The third-order valence-electron chi connectivity index (χ3n) is 4.30. The van der Waals surface area contributed by atoms with E-state index in [4.69, 9.17) is 11.6 Å². The van der Waals surface area contributed by atoms with Crippen LogP contribution in [0.1, 0.15) is 31.2 Å². The van der Waals surface area contributed by atoms with Gasteiger partial charge in [-0.15, -0.1) is 0 Å². The van der Waals surface area contributed by atoms with Crippen molar-refractivity contribution in [1.82, 2.24) is 10.0 Å². The molecular weight excluding hydrogens is 353 g/mol. The lowest BCUT2D eigenvalue weighted by Crippen LogP contribution is -2.47. The number of nitrogens with one attached hydrogen (secondary N) is 2. The number of sulfonamides is 1. The molecule has 2 aliphatic rings. The molecule has 2 unspecified atom stereocenters. The highest BCUT2D eigenvalue weighted by atomic mass is 35.5. The topological polar surface area (TPSA) is 58.2 Å². The van der Waals surface area contributed by atoms with Gasteiger partial charge >= 0.3 is 6.18 Å². The summed E-state index contributed by atoms with van der Waals surface area (Å²) in [5.74, 6) is 0. The van der Waals surface area contributed by atoms with Gasteiger partial charge in [0.2, 0.25) is 10.0 Å². The second-order valence-electron chi connectivity index (χ2n) is 6.10. The summed E-state index contributed by atoms with van der Waals surface area (Å²) in [4.78, 5) is -0.455. The summed E-state index contributed by atoms with van der Waals surface area (Å²) in [6.45, 7) is 0. The molecule has 0 amide bonds. The summed E-state index contributed by atoms with van der Waals surface area (Å²) in [5, 5.41) is 3.12. The number of hydrogen-bond acceptors (Lipinski definition) is 3. The number of hydrogen-bond donors (Lipinski definition) is 2. The third-order valence-corrected chi connectivity index (χ3v) is 6.02. The van der Waals surface area contributed by atoms with E-state index >= 15 is 0 Å². The van der Waals surface area contributed by atoms with Gasteiger partial charge in [0.05, 0.1) is 10.5 Å². The maximum Gasteiger partial charge on any atom is 0.416 e. The first-order valence-electron chi connectivity index (χ1n) is 7.30. The molecule has 2 bridgehead atoms. The number of fused-ring (bicyclic) bond motifs is 2. The fraction of sp³-hybridized carbons (Fsp3) is 0.571. The molecule has 0 aromatic heterocycles. The minimum Gasteiger partial charge on any atom is -0.311 e. The van der Waals surface area contributed by atoms with Crippen LogP contribution in [0.4, 0.5) is 13.2 Å². The van der Waals surface area contributed by atoms with Gasteiger partial charge in [0.25, 0.3) is 0 Å². The molecule has 2 heterocycles. The highest BCUT2D eigenvalue weighted by molar-refractivity contribution is 7.89. The van der Waals surface area contributed by atoms with E-state index in [0.29, 0.717) is 25.0 Å². The molecule has 2 aliphatic heterocycles. The number of piperidine rings is 1. The van der Waals surface area contributed by atoms with E-state index in [9.17, 15) is 21.6 Å². The Morgan fingerprint density at radius 1 is 1.13 bits per heavy atom. The van der Waals surface area contributed by atoms with E-state index in [1.807, 2.05) is 0 Å². The minimum atomic E-state index is -4.65. The van der Waals surface area contributed by atoms with Crippen LogP contribution in [0, 0.1) is 0 Å². The summed E-state index contributed by atoms with van der Waals surface area (Å²) in [7, 11) is -4.05. The zero-order valence-electron chi connectivity index (χ0n) is 12.0. The molecule has 2 N–H and O–H groups in total. The van der Waals surface area contributed by atoms with Crippen molar-refractivity contribution >= 4 is 21.6 Å². The van der Waals surface area contributed by atoms with Gasteiger partial charge in [-0.3, -0.25) is 0 Å². The maximum absolute atomic E-state index is 12.8. The van der Waals surface area contributed by atoms with E-state index in [2.05, 4.69) is 10.0 Å². The van der Waals surface area contributed by atoms with Crippen LogP contribution >= 0.6 is 11.6 Å². The van der Waals surface area contributed by atoms with Crippen LogP contribution in [-0.2, 0) is 16.2 Å². The molecule has 9 heteroatoms. The molecule has 2 fully saturated rings. The van der Waals surface area contributed by atoms with E-state index in [1.165, 1.54) is 0 Å².